The van der Waals surface area contributed by atoms with E-state index in [9.17, 15) is 0 Å². The van der Waals surface area contributed by atoms with Crippen LogP contribution in [0.4, 0.5) is 17.1 Å². The van der Waals surface area contributed by atoms with Crippen LogP contribution in [0.25, 0.3) is 0 Å². The fraction of sp³-hybridized carbons (Fsp3) is 0.267. The summed E-state index contributed by atoms with van der Waals surface area (Å²) in [5.41, 5.74) is 2.43. The summed E-state index contributed by atoms with van der Waals surface area (Å²) in [4.78, 5) is 4.85. The van der Waals surface area contributed by atoms with Gasteiger partial charge in [0, 0.05) is 24.8 Å². The fourth-order valence-corrected chi connectivity index (χ4v) is 1.90. The van der Waals surface area contributed by atoms with Crippen molar-refractivity contribution in [3.05, 3.63) is 48.8 Å². The van der Waals surface area contributed by atoms with Crippen molar-refractivity contribution in [2.45, 2.75) is 0 Å². The van der Waals surface area contributed by atoms with Crippen LogP contribution >= 0.6 is 0 Å². The molecule has 2 rings (SSSR count). The highest BCUT2D eigenvalue weighted by Crippen LogP contribution is 2.21. The van der Waals surface area contributed by atoms with Gasteiger partial charge in [0.2, 0.25) is 0 Å². The van der Waals surface area contributed by atoms with Crippen molar-refractivity contribution in [3.63, 3.8) is 0 Å². The summed E-state index contributed by atoms with van der Waals surface area (Å²) in [6.45, 7) is 1.07. The number of nitrogens with one attached hydrogen (secondary N) is 1. The number of anilines is 1. The second kappa shape index (κ2) is 8.08. The first-order chi connectivity index (χ1) is 10.3. The monoisotopic (exact) mass is 287 g/mol. The van der Waals surface area contributed by atoms with Crippen LogP contribution in [0, 0.1) is 0 Å². The van der Waals surface area contributed by atoms with Crippen molar-refractivity contribution in [1.29, 1.82) is 0 Å². The number of rotatable bonds is 7. The average molecular weight is 287 g/mol. The number of hydrogen-bond acceptors (Lipinski definition) is 5. The number of nitrogens with zero attached hydrogens (tertiary/aromatic N) is 3. The largest absolute Gasteiger partial charge is 0.395 e. The molecule has 110 valence electrons. The molecule has 0 aliphatic carbocycles. The predicted octanol–water partition coefficient (Wildman–Crippen LogP) is 1.71. The summed E-state index contributed by atoms with van der Waals surface area (Å²) in [6, 6.07) is 11.2. The lowest BCUT2D eigenvalue weighted by Gasteiger charge is -2.22. The molecule has 1 aromatic heterocycles. The van der Waals surface area contributed by atoms with Crippen LogP contribution in [0.3, 0.4) is 0 Å². The predicted molar refractivity (Wildman–Crippen MR) is 80.0 cm³/mol. The van der Waals surface area contributed by atoms with Crippen LogP contribution in [0.15, 0.2) is 59.0 Å². The summed E-state index contributed by atoms with van der Waals surface area (Å²) in [5, 5.41) is 26.3. The molecule has 21 heavy (non-hydrogen) atoms. The zero-order chi connectivity index (χ0) is 14.9. The van der Waals surface area contributed by atoms with Crippen molar-refractivity contribution < 1.29 is 15.2 Å². The summed E-state index contributed by atoms with van der Waals surface area (Å²) in [7, 11) is 0. The molecule has 6 nitrogen and oxygen atoms in total. The normalized spacial score (nSPS) is 11.0. The van der Waals surface area contributed by atoms with Gasteiger partial charge in [0.25, 0.3) is 0 Å². The molecular formula is C15H19N4O2+. The second-order valence-corrected chi connectivity index (χ2v) is 4.41. The maximum atomic E-state index is 9.03. The van der Waals surface area contributed by atoms with E-state index in [1.165, 1.54) is 0 Å². The van der Waals surface area contributed by atoms with Gasteiger partial charge in [-0.15, -0.1) is 5.11 Å². The highest BCUT2D eigenvalue weighted by molar-refractivity contribution is 5.52. The van der Waals surface area contributed by atoms with Crippen LogP contribution in [0.5, 0.6) is 0 Å². The lowest BCUT2D eigenvalue weighted by Crippen LogP contribution is -2.29. The Morgan fingerprint density at radius 2 is 1.57 bits per heavy atom. The topological polar surface area (TPSA) is 82.6 Å². The zero-order valence-corrected chi connectivity index (χ0v) is 11.7. The molecule has 1 heterocycles. The minimum Gasteiger partial charge on any atom is -0.395 e. The Balaban J connectivity index is 2.06. The first-order valence-corrected chi connectivity index (χ1v) is 6.78. The van der Waals surface area contributed by atoms with Gasteiger partial charge in [-0.3, -0.25) is 0 Å². The van der Waals surface area contributed by atoms with E-state index in [-0.39, 0.29) is 13.2 Å². The van der Waals surface area contributed by atoms with Crippen LogP contribution in [0.2, 0.25) is 0 Å². The first-order valence-electron chi connectivity index (χ1n) is 6.78. The van der Waals surface area contributed by atoms with Gasteiger partial charge in [0.15, 0.2) is 12.4 Å². The number of pyridine rings is 1. The standard InChI is InChI=1S/C15H18N4O2/c20-10-8-19(9-11-21)15-5-3-13(4-6-15)17-18-14-2-1-7-16-12-14/h1-7,12,20-21H,8-11H2/p+1. The number of aliphatic hydroxyl groups is 2. The number of H-pyrrole nitrogens is 1. The lowest BCUT2D eigenvalue weighted by molar-refractivity contribution is -0.377. The minimum absolute atomic E-state index is 0.0476. The molecule has 1 aromatic carbocycles. The van der Waals surface area contributed by atoms with E-state index in [4.69, 9.17) is 10.2 Å². The Morgan fingerprint density at radius 1 is 0.905 bits per heavy atom. The Hall–Kier alpha value is -2.31. The number of aliphatic hydroxyl groups excluding tert-OH is 2. The number of azo groups is 1. The molecule has 0 spiro atoms. The van der Waals surface area contributed by atoms with Gasteiger partial charge in [0.1, 0.15) is 5.69 Å². The quantitative estimate of drug-likeness (QED) is 0.760. The van der Waals surface area contributed by atoms with Gasteiger partial charge < -0.3 is 15.1 Å². The molecule has 0 saturated carbocycles. The van der Waals surface area contributed by atoms with E-state index < -0.39 is 0 Å². The zero-order valence-electron chi connectivity index (χ0n) is 11.7. The molecule has 0 fully saturated rings. The molecule has 0 bridgehead atoms. The number of aromatic amines is 1. The second-order valence-electron chi connectivity index (χ2n) is 4.41. The third-order valence-corrected chi connectivity index (χ3v) is 2.93. The van der Waals surface area contributed by atoms with Gasteiger partial charge in [-0.05, 0) is 30.3 Å². The summed E-state index contributed by atoms with van der Waals surface area (Å²) in [6.07, 6.45) is 3.58. The molecule has 0 saturated heterocycles. The smallest absolute Gasteiger partial charge is 0.194 e. The lowest BCUT2D eigenvalue weighted by atomic mass is 10.2. The molecular weight excluding hydrogens is 268 g/mol. The van der Waals surface area contributed by atoms with Crippen molar-refractivity contribution in [3.8, 4) is 0 Å². The molecule has 6 heteroatoms. The first kappa shape index (κ1) is 15.1. The van der Waals surface area contributed by atoms with E-state index in [0.29, 0.717) is 13.1 Å². The maximum Gasteiger partial charge on any atom is 0.194 e. The van der Waals surface area contributed by atoms with E-state index in [0.717, 1.165) is 17.1 Å². The van der Waals surface area contributed by atoms with E-state index in [1.807, 2.05) is 47.5 Å². The Morgan fingerprint density at radius 3 is 2.14 bits per heavy atom. The minimum atomic E-state index is 0.0476. The number of benzene rings is 1. The fourth-order valence-electron chi connectivity index (χ4n) is 1.90. The average Bonchev–Trinajstić information content (AvgIpc) is 2.54. The van der Waals surface area contributed by atoms with Crippen LogP contribution in [-0.2, 0) is 0 Å². The molecule has 0 amide bonds. The van der Waals surface area contributed by atoms with E-state index in [1.54, 1.807) is 6.20 Å². The summed E-state index contributed by atoms with van der Waals surface area (Å²) >= 11 is 0. The van der Waals surface area contributed by atoms with Crippen LogP contribution in [-0.4, -0.2) is 36.5 Å². The van der Waals surface area contributed by atoms with E-state index >= 15 is 0 Å². The van der Waals surface area contributed by atoms with Crippen molar-refractivity contribution in [2.24, 2.45) is 10.2 Å². The van der Waals surface area contributed by atoms with Gasteiger partial charge in [-0.1, -0.05) is 0 Å². The third kappa shape index (κ3) is 4.62. The maximum absolute atomic E-state index is 9.03. The Bertz CT molecular complexity index is 552. The summed E-state index contributed by atoms with van der Waals surface area (Å²) < 4.78 is 0. The molecule has 0 aliphatic rings. The highest BCUT2D eigenvalue weighted by atomic mass is 16.3. The highest BCUT2D eigenvalue weighted by Gasteiger charge is 2.04. The number of hydrogen-bond donors (Lipinski definition) is 2. The van der Waals surface area contributed by atoms with Crippen molar-refractivity contribution >= 4 is 17.1 Å². The van der Waals surface area contributed by atoms with Crippen molar-refractivity contribution in [2.75, 3.05) is 31.2 Å². The molecule has 0 radical (unpaired) electrons. The molecule has 0 aliphatic heterocycles. The molecule has 3 N–H and O–H groups in total. The van der Waals surface area contributed by atoms with E-state index in [2.05, 4.69) is 15.2 Å². The van der Waals surface area contributed by atoms with Crippen LogP contribution < -0.4 is 9.88 Å². The molecule has 2 aromatic rings. The van der Waals surface area contributed by atoms with Gasteiger partial charge >= 0.3 is 0 Å². The number of aromatic nitrogens is 1. The molecule has 0 unspecified atom stereocenters. The van der Waals surface area contributed by atoms with Crippen molar-refractivity contribution in [1.82, 2.24) is 0 Å². The third-order valence-electron chi connectivity index (χ3n) is 2.93. The Labute approximate surface area is 123 Å². The van der Waals surface area contributed by atoms with Gasteiger partial charge in [-0.25, -0.2) is 4.98 Å². The van der Waals surface area contributed by atoms with Crippen LogP contribution in [0.1, 0.15) is 0 Å². The Kier molecular flexibility index (Phi) is 5.81. The SMILES string of the molecule is OCCN(CCO)c1ccc(N=Nc2ccc[nH+]c2)cc1. The van der Waals surface area contributed by atoms with Gasteiger partial charge in [-0.2, -0.15) is 5.11 Å². The molecule has 0 atom stereocenters. The summed E-state index contributed by atoms with van der Waals surface area (Å²) in [5.74, 6) is 0. The van der Waals surface area contributed by atoms with Gasteiger partial charge in [0.05, 0.1) is 18.9 Å².